The van der Waals surface area contributed by atoms with Gasteiger partial charge < -0.3 is 10.0 Å². The molecule has 0 saturated carbocycles. The molecule has 2 nitrogen and oxygen atoms in total. The Balaban J connectivity index is 2.26. The lowest BCUT2D eigenvalue weighted by Crippen LogP contribution is -2.37. The van der Waals surface area contributed by atoms with Crippen molar-refractivity contribution in [2.45, 2.75) is 45.3 Å². The molecule has 17 heavy (non-hydrogen) atoms. The molecule has 0 amide bonds. The minimum Gasteiger partial charge on any atom is -0.389 e. The molecule has 1 heterocycles. The van der Waals surface area contributed by atoms with Gasteiger partial charge in [-0.05, 0) is 50.8 Å². The van der Waals surface area contributed by atoms with Gasteiger partial charge in [0.2, 0.25) is 0 Å². The predicted molar refractivity (Wildman–Crippen MR) is 67.7 cm³/mol. The second-order valence-electron chi connectivity index (χ2n) is 4.93. The summed E-state index contributed by atoms with van der Waals surface area (Å²) in [5, 5.41) is 9.42. The van der Waals surface area contributed by atoms with Gasteiger partial charge in [0.05, 0.1) is 11.8 Å². The summed E-state index contributed by atoms with van der Waals surface area (Å²) in [6.07, 6.45) is 2.86. The lowest BCUT2D eigenvalue weighted by atomic mass is 10.0. The Morgan fingerprint density at radius 1 is 1.41 bits per heavy atom. The van der Waals surface area contributed by atoms with Crippen molar-refractivity contribution in [3.05, 3.63) is 29.6 Å². The summed E-state index contributed by atoms with van der Waals surface area (Å²) < 4.78 is 14.0. The normalized spacial score (nSPS) is 22.6. The number of anilines is 1. The molecule has 1 aromatic rings. The molecule has 1 aliphatic heterocycles. The zero-order valence-electron chi connectivity index (χ0n) is 10.5. The van der Waals surface area contributed by atoms with E-state index in [-0.39, 0.29) is 5.82 Å². The molecule has 0 aromatic heterocycles. The van der Waals surface area contributed by atoms with E-state index in [9.17, 15) is 9.50 Å². The van der Waals surface area contributed by atoms with Gasteiger partial charge in [0, 0.05) is 12.6 Å². The van der Waals surface area contributed by atoms with Gasteiger partial charge in [0.1, 0.15) is 5.82 Å². The number of halogens is 1. The number of rotatable bonds is 2. The first kappa shape index (κ1) is 12.4. The average molecular weight is 237 g/mol. The molecule has 3 heteroatoms. The minimum absolute atomic E-state index is 0.225. The highest BCUT2D eigenvalue weighted by Gasteiger charge is 2.21. The molecule has 0 aliphatic carbocycles. The van der Waals surface area contributed by atoms with Crippen LogP contribution in [0.5, 0.6) is 0 Å². The van der Waals surface area contributed by atoms with Gasteiger partial charge >= 0.3 is 0 Å². The highest BCUT2D eigenvalue weighted by molar-refractivity contribution is 5.50. The van der Waals surface area contributed by atoms with Crippen LogP contribution in [0.1, 0.15) is 44.8 Å². The van der Waals surface area contributed by atoms with Crippen LogP contribution < -0.4 is 4.90 Å². The Hall–Kier alpha value is -1.09. The van der Waals surface area contributed by atoms with E-state index in [0.717, 1.165) is 19.4 Å². The maximum atomic E-state index is 14.0. The van der Waals surface area contributed by atoms with Crippen LogP contribution in [0.4, 0.5) is 10.1 Å². The summed E-state index contributed by atoms with van der Waals surface area (Å²) in [6, 6.07) is 5.45. The topological polar surface area (TPSA) is 23.5 Å². The van der Waals surface area contributed by atoms with E-state index in [1.54, 1.807) is 13.0 Å². The first-order valence-electron chi connectivity index (χ1n) is 6.33. The van der Waals surface area contributed by atoms with Crippen LogP contribution in [0.15, 0.2) is 18.2 Å². The number of aliphatic hydroxyl groups excluding tert-OH is 1. The van der Waals surface area contributed by atoms with Crippen LogP contribution in [0.2, 0.25) is 0 Å². The van der Waals surface area contributed by atoms with E-state index in [4.69, 9.17) is 0 Å². The molecule has 2 atom stereocenters. The highest BCUT2D eigenvalue weighted by atomic mass is 19.1. The Labute approximate surface area is 102 Å². The molecule has 0 radical (unpaired) electrons. The summed E-state index contributed by atoms with van der Waals surface area (Å²) in [5.41, 5.74) is 1.30. The van der Waals surface area contributed by atoms with Crippen LogP contribution in [-0.2, 0) is 0 Å². The zero-order chi connectivity index (χ0) is 12.4. The minimum atomic E-state index is -0.614. The summed E-state index contributed by atoms with van der Waals surface area (Å²) in [4.78, 5) is 2.13. The molecule has 1 aromatic carbocycles. The molecule has 1 saturated heterocycles. The number of piperidine rings is 1. The van der Waals surface area contributed by atoms with Gasteiger partial charge in [-0.25, -0.2) is 4.39 Å². The van der Waals surface area contributed by atoms with E-state index in [1.165, 1.54) is 12.5 Å². The van der Waals surface area contributed by atoms with Gasteiger partial charge in [0.15, 0.2) is 0 Å². The number of aliphatic hydroxyl groups is 1. The van der Waals surface area contributed by atoms with Crippen molar-refractivity contribution >= 4 is 5.69 Å². The van der Waals surface area contributed by atoms with Crippen molar-refractivity contribution in [1.29, 1.82) is 0 Å². The first-order valence-corrected chi connectivity index (χ1v) is 6.33. The van der Waals surface area contributed by atoms with Crippen molar-refractivity contribution in [2.24, 2.45) is 0 Å². The number of nitrogens with zero attached hydrogens (tertiary/aromatic N) is 1. The van der Waals surface area contributed by atoms with E-state index in [1.807, 2.05) is 6.07 Å². The number of hydrogen-bond acceptors (Lipinski definition) is 2. The fourth-order valence-electron chi connectivity index (χ4n) is 2.47. The average Bonchev–Trinajstić information content (AvgIpc) is 2.30. The van der Waals surface area contributed by atoms with Crippen LogP contribution in [0.3, 0.4) is 0 Å². The molecule has 1 aliphatic rings. The number of hydrogen-bond donors (Lipinski definition) is 1. The maximum absolute atomic E-state index is 14.0. The van der Waals surface area contributed by atoms with Crippen LogP contribution in [-0.4, -0.2) is 17.7 Å². The van der Waals surface area contributed by atoms with Gasteiger partial charge in [-0.15, -0.1) is 0 Å². The molecule has 0 bridgehead atoms. The number of benzene rings is 1. The third-order valence-electron chi connectivity index (χ3n) is 3.57. The SMILES string of the molecule is CC1CCCCN1c1ccc([C@H](C)O)cc1F. The molecular weight excluding hydrogens is 217 g/mol. The summed E-state index contributed by atoms with van der Waals surface area (Å²) in [5.74, 6) is -0.225. The quantitative estimate of drug-likeness (QED) is 0.853. The fourth-order valence-corrected chi connectivity index (χ4v) is 2.47. The third-order valence-corrected chi connectivity index (χ3v) is 3.57. The van der Waals surface area contributed by atoms with Crippen molar-refractivity contribution in [2.75, 3.05) is 11.4 Å². The predicted octanol–water partition coefficient (Wildman–Crippen LogP) is 3.26. The highest BCUT2D eigenvalue weighted by Crippen LogP contribution is 2.28. The summed E-state index contributed by atoms with van der Waals surface area (Å²) in [6.45, 7) is 4.71. The largest absolute Gasteiger partial charge is 0.389 e. The van der Waals surface area contributed by atoms with E-state index >= 15 is 0 Å². The molecule has 0 spiro atoms. The van der Waals surface area contributed by atoms with E-state index < -0.39 is 6.10 Å². The Morgan fingerprint density at radius 2 is 2.18 bits per heavy atom. The summed E-state index contributed by atoms with van der Waals surface area (Å²) >= 11 is 0. The lowest BCUT2D eigenvalue weighted by molar-refractivity contribution is 0.199. The molecule has 2 rings (SSSR count). The van der Waals surface area contributed by atoms with E-state index in [0.29, 0.717) is 17.3 Å². The monoisotopic (exact) mass is 237 g/mol. The summed E-state index contributed by atoms with van der Waals surface area (Å²) in [7, 11) is 0. The fraction of sp³-hybridized carbons (Fsp3) is 0.571. The third kappa shape index (κ3) is 2.60. The Kier molecular flexibility index (Phi) is 3.67. The molecular formula is C14H20FNO. The van der Waals surface area contributed by atoms with Gasteiger partial charge in [-0.3, -0.25) is 0 Å². The van der Waals surface area contributed by atoms with Crippen molar-refractivity contribution < 1.29 is 9.50 Å². The van der Waals surface area contributed by atoms with Gasteiger partial charge in [-0.1, -0.05) is 6.07 Å². The van der Waals surface area contributed by atoms with Gasteiger partial charge in [-0.2, -0.15) is 0 Å². The van der Waals surface area contributed by atoms with Crippen LogP contribution >= 0.6 is 0 Å². The molecule has 94 valence electrons. The van der Waals surface area contributed by atoms with E-state index in [2.05, 4.69) is 11.8 Å². The first-order chi connectivity index (χ1) is 8.09. The zero-order valence-corrected chi connectivity index (χ0v) is 10.5. The Bertz CT molecular complexity index is 392. The lowest BCUT2D eigenvalue weighted by Gasteiger charge is -2.35. The van der Waals surface area contributed by atoms with Crippen molar-refractivity contribution in [3.63, 3.8) is 0 Å². The molecule has 1 N–H and O–H groups in total. The smallest absolute Gasteiger partial charge is 0.146 e. The second kappa shape index (κ2) is 5.05. The Morgan fingerprint density at radius 3 is 2.76 bits per heavy atom. The standard InChI is InChI=1S/C14H20FNO/c1-10-5-3-4-8-16(10)14-7-6-12(11(2)17)9-13(14)15/h6-7,9-11,17H,3-5,8H2,1-2H3/t10?,11-/m0/s1. The van der Waals surface area contributed by atoms with Crippen molar-refractivity contribution in [3.8, 4) is 0 Å². The van der Waals surface area contributed by atoms with Crippen molar-refractivity contribution in [1.82, 2.24) is 0 Å². The van der Waals surface area contributed by atoms with Crippen LogP contribution in [0.25, 0.3) is 0 Å². The molecule has 1 fully saturated rings. The molecule has 1 unspecified atom stereocenters. The van der Waals surface area contributed by atoms with Gasteiger partial charge in [0.25, 0.3) is 0 Å². The second-order valence-corrected chi connectivity index (χ2v) is 4.93. The van der Waals surface area contributed by atoms with Crippen LogP contribution in [0, 0.1) is 5.82 Å². The maximum Gasteiger partial charge on any atom is 0.146 e.